The molecule has 0 unspecified atom stereocenters. The van der Waals surface area contributed by atoms with E-state index in [4.69, 9.17) is 0 Å². The molecule has 3 amide bonds. The van der Waals surface area contributed by atoms with Gasteiger partial charge in [-0.15, -0.1) is 0 Å². The van der Waals surface area contributed by atoms with E-state index in [1.54, 1.807) is 29.9 Å². The molecule has 1 aromatic heterocycles. The van der Waals surface area contributed by atoms with Gasteiger partial charge in [-0.3, -0.25) is 14.5 Å². The Kier molecular flexibility index (Phi) is 3.97. The Morgan fingerprint density at radius 3 is 2.52 bits per heavy atom. The number of imide groups is 1. The fourth-order valence-corrected chi connectivity index (χ4v) is 2.69. The molecule has 1 N–H and O–H groups in total. The van der Waals surface area contributed by atoms with E-state index < -0.39 is 12.1 Å². The van der Waals surface area contributed by atoms with Gasteiger partial charge in [0.05, 0.1) is 12.2 Å². The van der Waals surface area contributed by atoms with Gasteiger partial charge in [-0.1, -0.05) is 30.3 Å². The van der Waals surface area contributed by atoms with Gasteiger partial charge in [0.25, 0.3) is 5.91 Å². The molecule has 2 heterocycles. The summed E-state index contributed by atoms with van der Waals surface area (Å²) >= 11 is 0. The van der Waals surface area contributed by atoms with Crippen molar-refractivity contribution in [1.29, 1.82) is 0 Å². The predicted molar refractivity (Wildman–Crippen MR) is 83.9 cm³/mol. The Hall–Kier alpha value is -2.89. The van der Waals surface area contributed by atoms with Gasteiger partial charge in [0.2, 0.25) is 0 Å². The first-order chi connectivity index (χ1) is 11.1. The zero-order valence-corrected chi connectivity index (χ0v) is 12.7. The van der Waals surface area contributed by atoms with Crippen LogP contribution in [0.5, 0.6) is 0 Å². The molecule has 1 saturated heterocycles. The molecule has 0 aliphatic carbocycles. The second kappa shape index (κ2) is 6.08. The smallest absolute Gasteiger partial charge is 0.325 e. The highest BCUT2D eigenvalue weighted by Crippen LogP contribution is 2.13. The van der Waals surface area contributed by atoms with Crippen LogP contribution in [0.1, 0.15) is 16.1 Å². The third kappa shape index (κ3) is 3.01. The third-order valence-corrected chi connectivity index (χ3v) is 3.92. The molecule has 0 radical (unpaired) electrons. The van der Waals surface area contributed by atoms with Crippen molar-refractivity contribution in [2.75, 3.05) is 6.54 Å². The molecule has 2 aromatic rings. The largest absolute Gasteiger partial charge is 0.348 e. The van der Waals surface area contributed by atoms with Crippen LogP contribution < -0.4 is 5.32 Å². The van der Waals surface area contributed by atoms with E-state index in [-0.39, 0.29) is 18.2 Å². The summed E-state index contributed by atoms with van der Waals surface area (Å²) in [7, 11) is 1.75. The zero-order valence-electron chi connectivity index (χ0n) is 12.7. The number of Topliss-reactive ketones (excluding diaryl/α,β-unsaturated/α-hetero) is 1. The van der Waals surface area contributed by atoms with Gasteiger partial charge >= 0.3 is 6.03 Å². The Morgan fingerprint density at radius 2 is 1.87 bits per heavy atom. The Morgan fingerprint density at radius 1 is 1.13 bits per heavy atom. The van der Waals surface area contributed by atoms with Gasteiger partial charge in [0.1, 0.15) is 6.04 Å². The van der Waals surface area contributed by atoms with Crippen LogP contribution in [0.4, 0.5) is 4.79 Å². The van der Waals surface area contributed by atoms with Crippen LogP contribution in [-0.2, 0) is 18.3 Å². The maximum atomic E-state index is 12.4. The average molecular weight is 311 g/mol. The van der Waals surface area contributed by atoms with Crippen molar-refractivity contribution < 1.29 is 14.4 Å². The summed E-state index contributed by atoms with van der Waals surface area (Å²) in [6.07, 6.45) is 2.16. The monoisotopic (exact) mass is 311 g/mol. The number of aromatic nitrogens is 1. The maximum absolute atomic E-state index is 12.4. The second-order valence-electron chi connectivity index (χ2n) is 5.54. The fourth-order valence-electron chi connectivity index (χ4n) is 2.69. The number of aryl methyl sites for hydroxylation is 1. The van der Waals surface area contributed by atoms with E-state index in [9.17, 15) is 14.4 Å². The number of carbonyl (C=O) groups is 3. The Labute approximate surface area is 133 Å². The molecule has 118 valence electrons. The zero-order chi connectivity index (χ0) is 16.4. The summed E-state index contributed by atoms with van der Waals surface area (Å²) in [6, 6.07) is 11.7. The average Bonchev–Trinajstić information content (AvgIpc) is 3.07. The van der Waals surface area contributed by atoms with Crippen LogP contribution in [0.15, 0.2) is 48.7 Å². The summed E-state index contributed by atoms with van der Waals surface area (Å²) in [5, 5.41) is 2.65. The number of ketones is 1. The molecular formula is C17H17N3O3. The van der Waals surface area contributed by atoms with Gasteiger partial charge in [0.15, 0.2) is 5.78 Å². The number of nitrogens with zero attached hydrogens (tertiary/aromatic N) is 2. The molecule has 1 atom stereocenters. The van der Waals surface area contributed by atoms with E-state index in [2.05, 4.69) is 5.32 Å². The lowest BCUT2D eigenvalue weighted by Gasteiger charge is -2.12. The van der Waals surface area contributed by atoms with Gasteiger partial charge < -0.3 is 9.88 Å². The van der Waals surface area contributed by atoms with Gasteiger partial charge in [-0.25, -0.2) is 4.79 Å². The summed E-state index contributed by atoms with van der Waals surface area (Å²) in [4.78, 5) is 37.6. The third-order valence-electron chi connectivity index (χ3n) is 3.92. The number of benzene rings is 1. The van der Waals surface area contributed by atoms with Gasteiger partial charge in [0, 0.05) is 19.7 Å². The molecule has 1 fully saturated rings. The summed E-state index contributed by atoms with van der Waals surface area (Å²) in [5.74, 6) is -0.622. The van der Waals surface area contributed by atoms with E-state index >= 15 is 0 Å². The normalized spacial score (nSPS) is 17.4. The molecule has 0 saturated carbocycles. The highest BCUT2D eigenvalue weighted by Gasteiger charge is 2.39. The summed E-state index contributed by atoms with van der Waals surface area (Å²) in [6.45, 7) is -0.242. The molecule has 23 heavy (non-hydrogen) atoms. The number of rotatable bonds is 5. The van der Waals surface area contributed by atoms with Crippen molar-refractivity contribution in [2.45, 2.75) is 12.5 Å². The quantitative estimate of drug-likeness (QED) is 0.669. The molecule has 1 aromatic carbocycles. The van der Waals surface area contributed by atoms with Crippen LogP contribution in [0.2, 0.25) is 0 Å². The van der Waals surface area contributed by atoms with Crippen molar-refractivity contribution in [1.82, 2.24) is 14.8 Å². The van der Waals surface area contributed by atoms with Crippen molar-refractivity contribution in [3.8, 4) is 0 Å². The SMILES string of the molecule is Cn1cccc1C(=O)CN1C(=O)N[C@H](Cc2ccccc2)C1=O. The molecule has 3 rings (SSSR count). The minimum Gasteiger partial charge on any atom is -0.348 e. The van der Waals surface area contributed by atoms with Crippen LogP contribution in [-0.4, -0.2) is 39.8 Å². The highest BCUT2D eigenvalue weighted by atomic mass is 16.2. The highest BCUT2D eigenvalue weighted by molar-refractivity contribution is 6.09. The molecular weight excluding hydrogens is 294 g/mol. The number of hydrogen-bond donors (Lipinski definition) is 1. The molecule has 6 nitrogen and oxygen atoms in total. The lowest BCUT2D eigenvalue weighted by molar-refractivity contribution is -0.127. The van der Waals surface area contributed by atoms with Crippen molar-refractivity contribution in [3.05, 3.63) is 59.9 Å². The standard InChI is InChI=1S/C17H17N3O3/c1-19-9-5-8-14(19)15(21)11-20-16(22)13(18-17(20)23)10-12-6-3-2-4-7-12/h2-9,13H,10-11H2,1H3,(H,18,23)/t13-/m1/s1. The Bertz CT molecular complexity index is 751. The van der Waals surface area contributed by atoms with Gasteiger partial charge in [-0.2, -0.15) is 0 Å². The number of urea groups is 1. The summed E-state index contributed by atoms with van der Waals surface area (Å²) < 4.78 is 1.67. The topological polar surface area (TPSA) is 71.4 Å². The molecule has 0 spiro atoms. The minimum absolute atomic E-state index is 0.242. The van der Waals surface area contributed by atoms with Gasteiger partial charge in [-0.05, 0) is 17.7 Å². The van der Waals surface area contributed by atoms with E-state index in [0.29, 0.717) is 12.1 Å². The van der Waals surface area contributed by atoms with Crippen LogP contribution in [0.3, 0.4) is 0 Å². The first kappa shape index (κ1) is 15.0. The Balaban J connectivity index is 1.69. The molecule has 1 aliphatic rings. The molecule has 1 aliphatic heterocycles. The van der Waals surface area contributed by atoms with Crippen LogP contribution in [0, 0.1) is 0 Å². The van der Waals surface area contributed by atoms with E-state index in [1.807, 2.05) is 30.3 Å². The summed E-state index contributed by atoms with van der Waals surface area (Å²) in [5.41, 5.74) is 1.43. The van der Waals surface area contributed by atoms with E-state index in [1.165, 1.54) is 0 Å². The second-order valence-corrected chi connectivity index (χ2v) is 5.54. The lowest BCUT2D eigenvalue weighted by atomic mass is 10.1. The number of amides is 3. The van der Waals surface area contributed by atoms with Crippen molar-refractivity contribution in [3.63, 3.8) is 0 Å². The minimum atomic E-state index is -0.619. The van der Waals surface area contributed by atoms with E-state index in [0.717, 1.165) is 10.5 Å². The maximum Gasteiger partial charge on any atom is 0.325 e. The molecule has 6 heteroatoms. The number of hydrogen-bond acceptors (Lipinski definition) is 3. The van der Waals surface area contributed by atoms with Crippen molar-refractivity contribution in [2.24, 2.45) is 7.05 Å². The van der Waals surface area contributed by atoms with Crippen LogP contribution in [0.25, 0.3) is 0 Å². The number of nitrogens with one attached hydrogen (secondary N) is 1. The predicted octanol–water partition coefficient (Wildman–Crippen LogP) is 1.37. The number of carbonyl (C=O) groups excluding carboxylic acids is 3. The van der Waals surface area contributed by atoms with Crippen LogP contribution >= 0.6 is 0 Å². The van der Waals surface area contributed by atoms with Crippen molar-refractivity contribution >= 4 is 17.7 Å². The first-order valence-electron chi connectivity index (χ1n) is 7.36. The first-order valence-corrected chi connectivity index (χ1v) is 7.36. The molecule has 0 bridgehead atoms. The lowest BCUT2D eigenvalue weighted by Crippen LogP contribution is -2.37. The fraction of sp³-hybridized carbons (Fsp3) is 0.235.